The Bertz CT molecular complexity index is 1280. The van der Waals surface area contributed by atoms with Crippen molar-refractivity contribution in [3.05, 3.63) is 105 Å². The largest absolute Gasteiger partial charge is 0.507 e. The van der Waals surface area contributed by atoms with Crippen LogP contribution >= 0.6 is 15.9 Å². The second kappa shape index (κ2) is 8.52. The Hall–Kier alpha value is -3.38. The topological polar surface area (TPSA) is 66.8 Å². The molecule has 0 radical (unpaired) electrons. The van der Waals surface area contributed by atoms with Crippen molar-refractivity contribution in [3.8, 4) is 5.75 Å². The summed E-state index contributed by atoms with van der Waals surface area (Å²) in [5.74, 6) is -0.689. The lowest BCUT2D eigenvalue weighted by Gasteiger charge is -2.25. The molecule has 6 heteroatoms. The van der Waals surface area contributed by atoms with E-state index in [1.807, 2.05) is 73.7 Å². The number of carbonyl (C=O) groups is 2. The first-order valence-corrected chi connectivity index (χ1v) is 11.6. The smallest absolute Gasteiger partial charge is 0.295 e. The molecule has 0 unspecified atom stereocenters. The molecule has 2 heterocycles. The number of fused-ring (bicyclic) bond motifs is 1. The van der Waals surface area contributed by atoms with Gasteiger partial charge in [0.15, 0.2) is 0 Å². The summed E-state index contributed by atoms with van der Waals surface area (Å²) in [6.07, 6.45) is 0.795. The van der Waals surface area contributed by atoms with Gasteiger partial charge in [0.2, 0.25) is 0 Å². The molecular formula is C27H22BrNO4. The van der Waals surface area contributed by atoms with Gasteiger partial charge in [-0.2, -0.15) is 0 Å². The quantitative estimate of drug-likeness (QED) is 0.294. The molecule has 2 aliphatic rings. The van der Waals surface area contributed by atoms with Crippen molar-refractivity contribution in [2.24, 2.45) is 0 Å². The summed E-state index contributed by atoms with van der Waals surface area (Å²) in [5.41, 5.74) is 3.23. The first-order chi connectivity index (χ1) is 15.9. The van der Waals surface area contributed by atoms with E-state index in [-0.39, 0.29) is 24.0 Å². The van der Waals surface area contributed by atoms with Crippen LogP contribution < -0.4 is 4.74 Å². The number of nitrogens with zero attached hydrogens (tertiary/aromatic N) is 1. The van der Waals surface area contributed by atoms with Gasteiger partial charge in [-0.15, -0.1) is 0 Å². The lowest BCUT2D eigenvalue weighted by atomic mass is 9.94. The fourth-order valence-electron chi connectivity index (χ4n) is 4.57. The van der Waals surface area contributed by atoms with Gasteiger partial charge in [0, 0.05) is 23.0 Å². The number of Topliss-reactive ketones (excluding diaryl/α,β-unsaturated/α-hetero) is 1. The summed E-state index contributed by atoms with van der Waals surface area (Å²) in [4.78, 5) is 27.9. The maximum Gasteiger partial charge on any atom is 0.295 e. The minimum Gasteiger partial charge on any atom is -0.507 e. The molecule has 1 fully saturated rings. The standard InChI is InChI=1S/C27H22BrNO4/c1-16-12-20-13-19(10-11-22(20)33-16)25(30)23-24(18-8-5-9-21(28)14-18)29(27(32)26(23)31)15-17-6-3-2-4-7-17/h2-11,13-14,16,24,30H,12,15H2,1H3/b25-23+/t16-,24+/m0/s1. The highest BCUT2D eigenvalue weighted by Crippen LogP contribution is 2.41. The summed E-state index contributed by atoms with van der Waals surface area (Å²) < 4.78 is 6.59. The van der Waals surface area contributed by atoms with Crippen molar-refractivity contribution >= 4 is 33.4 Å². The second-order valence-electron chi connectivity index (χ2n) is 8.42. The molecule has 3 aromatic carbocycles. The highest BCUT2D eigenvalue weighted by molar-refractivity contribution is 9.10. The molecule has 5 rings (SSSR count). The predicted octanol–water partition coefficient (Wildman–Crippen LogP) is 5.39. The zero-order valence-electron chi connectivity index (χ0n) is 18.0. The third-order valence-electron chi connectivity index (χ3n) is 6.07. The van der Waals surface area contributed by atoms with Crippen LogP contribution in [0, 0.1) is 0 Å². The molecule has 33 heavy (non-hydrogen) atoms. The Morgan fingerprint density at radius 3 is 2.61 bits per heavy atom. The molecule has 0 aromatic heterocycles. The fourth-order valence-corrected chi connectivity index (χ4v) is 4.99. The molecular weight excluding hydrogens is 482 g/mol. The number of hydrogen-bond donors (Lipinski definition) is 1. The van der Waals surface area contributed by atoms with Crippen LogP contribution in [-0.2, 0) is 22.6 Å². The summed E-state index contributed by atoms with van der Waals surface area (Å²) in [5, 5.41) is 11.3. The molecule has 5 nitrogen and oxygen atoms in total. The maximum absolute atomic E-state index is 13.2. The molecule has 3 aromatic rings. The number of likely N-dealkylation sites (tertiary alicyclic amines) is 1. The van der Waals surface area contributed by atoms with E-state index in [9.17, 15) is 14.7 Å². The number of ketones is 1. The summed E-state index contributed by atoms with van der Waals surface area (Å²) in [7, 11) is 0. The Labute approximate surface area is 200 Å². The Kier molecular flexibility index (Phi) is 5.54. The average molecular weight is 504 g/mol. The van der Waals surface area contributed by atoms with Gasteiger partial charge in [-0.3, -0.25) is 9.59 Å². The highest BCUT2D eigenvalue weighted by Gasteiger charge is 2.46. The monoisotopic (exact) mass is 503 g/mol. The minimum atomic E-state index is -0.703. The summed E-state index contributed by atoms with van der Waals surface area (Å²) in [6, 6.07) is 21.7. The van der Waals surface area contributed by atoms with Gasteiger partial charge in [-0.1, -0.05) is 58.4 Å². The molecule has 166 valence electrons. The third kappa shape index (κ3) is 3.95. The molecule has 1 N–H and O–H groups in total. The van der Waals surface area contributed by atoms with Gasteiger partial charge in [0.25, 0.3) is 11.7 Å². The number of rotatable bonds is 4. The van der Waals surface area contributed by atoms with Crippen LogP contribution in [0.5, 0.6) is 5.75 Å². The van der Waals surface area contributed by atoms with Crippen LogP contribution in [-0.4, -0.2) is 27.8 Å². The van der Waals surface area contributed by atoms with Crippen LogP contribution in [0.3, 0.4) is 0 Å². The maximum atomic E-state index is 13.2. The van der Waals surface area contributed by atoms with E-state index < -0.39 is 17.7 Å². The van der Waals surface area contributed by atoms with Crippen LogP contribution in [0.1, 0.15) is 35.2 Å². The van der Waals surface area contributed by atoms with E-state index in [0.29, 0.717) is 5.56 Å². The Balaban J connectivity index is 1.64. The number of benzene rings is 3. The van der Waals surface area contributed by atoms with Crippen LogP contribution in [0.25, 0.3) is 5.76 Å². The number of aliphatic hydroxyl groups is 1. The lowest BCUT2D eigenvalue weighted by Crippen LogP contribution is -2.29. The van der Waals surface area contributed by atoms with E-state index in [1.54, 1.807) is 6.07 Å². The van der Waals surface area contributed by atoms with Crippen molar-refractivity contribution in [3.63, 3.8) is 0 Å². The molecule has 0 aliphatic carbocycles. The second-order valence-corrected chi connectivity index (χ2v) is 9.34. The van der Waals surface area contributed by atoms with E-state index in [4.69, 9.17) is 4.74 Å². The van der Waals surface area contributed by atoms with Gasteiger partial charge in [-0.05, 0) is 53.9 Å². The summed E-state index contributed by atoms with van der Waals surface area (Å²) in [6.45, 7) is 2.25. The predicted molar refractivity (Wildman–Crippen MR) is 129 cm³/mol. The van der Waals surface area contributed by atoms with Gasteiger partial charge < -0.3 is 14.7 Å². The van der Waals surface area contributed by atoms with Crippen molar-refractivity contribution in [1.29, 1.82) is 0 Å². The highest BCUT2D eigenvalue weighted by atomic mass is 79.9. The Morgan fingerprint density at radius 1 is 1.06 bits per heavy atom. The molecule has 0 saturated carbocycles. The lowest BCUT2D eigenvalue weighted by molar-refractivity contribution is -0.140. The molecule has 0 bridgehead atoms. The number of ether oxygens (including phenoxy) is 1. The zero-order valence-corrected chi connectivity index (χ0v) is 19.6. The van der Waals surface area contributed by atoms with E-state index in [2.05, 4.69) is 15.9 Å². The number of hydrogen-bond acceptors (Lipinski definition) is 4. The number of amides is 1. The van der Waals surface area contributed by atoms with Gasteiger partial charge in [0.05, 0.1) is 11.6 Å². The van der Waals surface area contributed by atoms with E-state index in [0.717, 1.165) is 33.3 Å². The Morgan fingerprint density at radius 2 is 1.85 bits per heavy atom. The first kappa shape index (κ1) is 21.5. The molecule has 1 saturated heterocycles. The van der Waals surface area contributed by atoms with Crippen LogP contribution in [0.4, 0.5) is 0 Å². The first-order valence-electron chi connectivity index (χ1n) is 10.8. The normalized spacial score (nSPS) is 21.2. The van der Waals surface area contributed by atoms with Crippen LogP contribution in [0.2, 0.25) is 0 Å². The van der Waals surface area contributed by atoms with Crippen molar-refractivity contribution in [1.82, 2.24) is 4.90 Å². The van der Waals surface area contributed by atoms with E-state index >= 15 is 0 Å². The number of carbonyl (C=O) groups excluding carboxylic acids is 2. The molecule has 0 spiro atoms. The molecule has 1 amide bonds. The third-order valence-corrected chi connectivity index (χ3v) is 6.56. The van der Waals surface area contributed by atoms with Gasteiger partial charge >= 0.3 is 0 Å². The number of aliphatic hydroxyl groups excluding tert-OH is 1. The summed E-state index contributed by atoms with van der Waals surface area (Å²) >= 11 is 3.49. The molecule has 2 aliphatic heterocycles. The van der Waals surface area contributed by atoms with Crippen LogP contribution in [0.15, 0.2) is 82.8 Å². The van der Waals surface area contributed by atoms with Crippen molar-refractivity contribution in [2.45, 2.75) is 32.0 Å². The van der Waals surface area contributed by atoms with Gasteiger partial charge in [0.1, 0.15) is 17.6 Å². The van der Waals surface area contributed by atoms with Gasteiger partial charge in [-0.25, -0.2) is 0 Å². The average Bonchev–Trinajstić information content (AvgIpc) is 3.30. The zero-order chi connectivity index (χ0) is 23.1. The van der Waals surface area contributed by atoms with Crippen molar-refractivity contribution < 1.29 is 19.4 Å². The fraction of sp³-hybridized carbons (Fsp3) is 0.185. The SMILES string of the molecule is C[C@H]1Cc2cc(/C(O)=C3\C(=O)C(=O)N(Cc4ccccc4)[C@@H]3c3cccc(Br)c3)ccc2O1. The van der Waals surface area contributed by atoms with Crippen molar-refractivity contribution in [2.75, 3.05) is 0 Å². The van der Waals surface area contributed by atoms with E-state index in [1.165, 1.54) is 4.90 Å². The number of halogens is 1. The molecule has 2 atom stereocenters. The minimum absolute atomic E-state index is 0.0653.